The van der Waals surface area contributed by atoms with E-state index in [-0.39, 0.29) is 23.4 Å². The molecule has 2 amide bonds. The second kappa shape index (κ2) is 6.23. The number of halogens is 2. The Morgan fingerprint density at radius 3 is 2.58 bits per heavy atom. The van der Waals surface area contributed by atoms with Crippen molar-refractivity contribution in [3.05, 3.63) is 33.8 Å². The second-order valence-electron chi connectivity index (χ2n) is 7.38. The number of carbonyl (C=O) groups is 2. The summed E-state index contributed by atoms with van der Waals surface area (Å²) in [6, 6.07) is 5.27. The Balaban J connectivity index is 1.77. The molecule has 1 aliphatic carbocycles. The van der Waals surface area contributed by atoms with Crippen LogP contribution in [0.1, 0.15) is 51.5 Å². The molecule has 1 aliphatic heterocycles. The van der Waals surface area contributed by atoms with Gasteiger partial charge in [0, 0.05) is 6.42 Å². The second-order valence-corrected chi connectivity index (χ2v) is 8.19. The quantitative estimate of drug-likeness (QED) is 0.856. The first kappa shape index (κ1) is 17.6. The third kappa shape index (κ3) is 3.02. The highest BCUT2D eigenvalue weighted by Gasteiger charge is 2.49. The number of piperidine rings is 1. The van der Waals surface area contributed by atoms with E-state index in [1.165, 1.54) is 0 Å². The zero-order valence-corrected chi connectivity index (χ0v) is 15.4. The molecule has 0 bridgehead atoms. The van der Waals surface area contributed by atoms with Crippen LogP contribution in [0.25, 0.3) is 0 Å². The van der Waals surface area contributed by atoms with E-state index in [9.17, 15) is 9.59 Å². The molecule has 4 nitrogen and oxygen atoms in total. The molecule has 1 atom stereocenters. The lowest BCUT2D eigenvalue weighted by Gasteiger charge is -2.51. The predicted octanol–water partition coefficient (Wildman–Crippen LogP) is 3.59. The van der Waals surface area contributed by atoms with Crippen LogP contribution in [0, 0.1) is 0 Å². The number of hydrogen-bond acceptors (Lipinski definition) is 2. The van der Waals surface area contributed by atoms with E-state index in [0.29, 0.717) is 22.9 Å². The zero-order valence-electron chi connectivity index (χ0n) is 13.9. The van der Waals surface area contributed by atoms with E-state index in [2.05, 4.69) is 10.6 Å². The van der Waals surface area contributed by atoms with Gasteiger partial charge in [-0.1, -0.05) is 29.3 Å². The lowest BCUT2D eigenvalue weighted by atomic mass is 9.68. The molecule has 1 spiro atoms. The molecule has 2 fully saturated rings. The minimum Gasteiger partial charge on any atom is -0.350 e. The van der Waals surface area contributed by atoms with E-state index in [0.717, 1.165) is 24.8 Å². The zero-order chi connectivity index (χ0) is 17.5. The molecule has 0 radical (unpaired) electrons. The molecule has 1 unspecified atom stereocenters. The number of hydrogen-bond donors (Lipinski definition) is 2. The van der Waals surface area contributed by atoms with Crippen LogP contribution in [0.15, 0.2) is 18.2 Å². The van der Waals surface area contributed by atoms with Gasteiger partial charge >= 0.3 is 0 Å². The summed E-state index contributed by atoms with van der Waals surface area (Å²) in [4.78, 5) is 24.7. The first-order chi connectivity index (χ1) is 11.2. The van der Waals surface area contributed by atoms with E-state index >= 15 is 0 Å². The monoisotopic (exact) mass is 368 g/mol. The van der Waals surface area contributed by atoms with Crippen LogP contribution >= 0.6 is 23.2 Å². The maximum atomic E-state index is 12.9. The summed E-state index contributed by atoms with van der Waals surface area (Å²) < 4.78 is 0. The van der Waals surface area contributed by atoms with Crippen molar-refractivity contribution < 1.29 is 9.59 Å². The van der Waals surface area contributed by atoms with Crippen molar-refractivity contribution in [2.75, 3.05) is 0 Å². The van der Waals surface area contributed by atoms with E-state index in [4.69, 9.17) is 23.2 Å². The molecule has 24 heavy (non-hydrogen) atoms. The Morgan fingerprint density at radius 1 is 1.29 bits per heavy atom. The maximum absolute atomic E-state index is 12.9. The highest BCUT2D eigenvalue weighted by molar-refractivity contribution is 6.42. The van der Waals surface area contributed by atoms with E-state index < -0.39 is 5.41 Å². The van der Waals surface area contributed by atoms with E-state index in [1.54, 1.807) is 12.1 Å². The van der Waals surface area contributed by atoms with Gasteiger partial charge in [0.2, 0.25) is 11.8 Å². The summed E-state index contributed by atoms with van der Waals surface area (Å²) in [5.74, 6) is 0.0252. The normalized spacial score (nSPS) is 22.7. The van der Waals surface area contributed by atoms with Crippen LogP contribution in [0.3, 0.4) is 0 Å². The van der Waals surface area contributed by atoms with Crippen molar-refractivity contribution in [3.63, 3.8) is 0 Å². The Bertz CT molecular complexity index is 684. The molecular weight excluding hydrogens is 347 g/mol. The summed E-state index contributed by atoms with van der Waals surface area (Å²) in [7, 11) is 0. The minimum atomic E-state index is -0.735. The standard InChI is InChI=1S/C18H22Cl2N2O2/c1-17(2,11-4-5-12(19)13(20)10-11)16(24)21-14-6-7-15(23)22-18(14)8-3-9-18/h4-5,10,14H,3,6-9H2,1-2H3,(H,21,24)(H,22,23). The number of nitrogens with one attached hydrogen (secondary N) is 2. The van der Waals surface area contributed by atoms with Gasteiger partial charge in [-0.3, -0.25) is 9.59 Å². The highest BCUT2D eigenvalue weighted by Crippen LogP contribution is 2.39. The Morgan fingerprint density at radius 2 is 2.00 bits per heavy atom. The fourth-order valence-corrected chi connectivity index (χ4v) is 3.87. The van der Waals surface area contributed by atoms with Crippen molar-refractivity contribution in [1.82, 2.24) is 10.6 Å². The van der Waals surface area contributed by atoms with Gasteiger partial charge in [-0.25, -0.2) is 0 Å². The molecule has 3 rings (SSSR count). The lowest BCUT2D eigenvalue weighted by molar-refractivity contribution is -0.133. The Hall–Kier alpha value is -1.26. The van der Waals surface area contributed by atoms with Gasteiger partial charge in [-0.15, -0.1) is 0 Å². The summed E-state index contributed by atoms with van der Waals surface area (Å²) in [5.41, 5.74) is -0.170. The molecule has 1 aromatic carbocycles. The van der Waals surface area contributed by atoms with Crippen molar-refractivity contribution >= 4 is 35.0 Å². The molecule has 2 N–H and O–H groups in total. The third-order valence-electron chi connectivity index (χ3n) is 5.48. The molecule has 6 heteroatoms. The highest BCUT2D eigenvalue weighted by atomic mass is 35.5. The summed E-state index contributed by atoms with van der Waals surface area (Å²) in [5, 5.41) is 7.19. The SMILES string of the molecule is CC(C)(C(=O)NC1CCC(=O)NC12CCC2)c1ccc(Cl)c(Cl)c1. The number of rotatable bonds is 3. The van der Waals surface area contributed by atoms with Crippen LogP contribution in [0.2, 0.25) is 10.0 Å². The molecule has 1 aromatic rings. The minimum absolute atomic E-state index is 0.0153. The van der Waals surface area contributed by atoms with Gasteiger partial charge in [0.15, 0.2) is 0 Å². The van der Waals surface area contributed by atoms with Gasteiger partial charge in [0.25, 0.3) is 0 Å². The average Bonchev–Trinajstić information content (AvgIpc) is 2.49. The third-order valence-corrected chi connectivity index (χ3v) is 6.21. The van der Waals surface area contributed by atoms with Crippen LogP contribution in [0.5, 0.6) is 0 Å². The van der Waals surface area contributed by atoms with Crippen LogP contribution in [-0.2, 0) is 15.0 Å². The van der Waals surface area contributed by atoms with Gasteiger partial charge < -0.3 is 10.6 Å². The van der Waals surface area contributed by atoms with Gasteiger partial charge in [0.05, 0.1) is 27.0 Å². The number of amides is 2. The van der Waals surface area contributed by atoms with Crippen LogP contribution in [0.4, 0.5) is 0 Å². The molecule has 0 aromatic heterocycles. The summed E-state index contributed by atoms with van der Waals surface area (Å²) >= 11 is 12.1. The molecule has 1 saturated heterocycles. The maximum Gasteiger partial charge on any atom is 0.230 e. The van der Waals surface area contributed by atoms with Crippen molar-refractivity contribution in [2.24, 2.45) is 0 Å². The number of carbonyl (C=O) groups excluding carboxylic acids is 2. The molecular formula is C18H22Cl2N2O2. The Kier molecular flexibility index (Phi) is 4.56. The fraction of sp³-hybridized carbons (Fsp3) is 0.556. The Labute approximate surface area is 152 Å². The largest absolute Gasteiger partial charge is 0.350 e. The number of benzene rings is 1. The van der Waals surface area contributed by atoms with Crippen molar-refractivity contribution in [3.8, 4) is 0 Å². The predicted molar refractivity (Wildman–Crippen MR) is 95.4 cm³/mol. The lowest BCUT2D eigenvalue weighted by Crippen LogP contribution is -2.69. The molecule has 130 valence electrons. The van der Waals surface area contributed by atoms with Gasteiger partial charge in [-0.2, -0.15) is 0 Å². The fourth-order valence-electron chi connectivity index (χ4n) is 3.58. The topological polar surface area (TPSA) is 58.2 Å². The van der Waals surface area contributed by atoms with Crippen LogP contribution in [-0.4, -0.2) is 23.4 Å². The van der Waals surface area contributed by atoms with Crippen molar-refractivity contribution in [2.45, 2.75) is 62.9 Å². The van der Waals surface area contributed by atoms with E-state index in [1.807, 2.05) is 19.9 Å². The average molecular weight is 369 g/mol. The van der Waals surface area contributed by atoms with Crippen LogP contribution < -0.4 is 10.6 Å². The summed E-state index contributed by atoms with van der Waals surface area (Å²) in [6.07, 6.45) is 4.09. The molecule has 2 aliphatic rings. The first-order valence-electron chi connectivity index (χ1n) is 8.32. The smallest absolute Gasteiger partial charge is 0.230 e. The van der Waals surface area contributed by atoms with Crippen molar-refractivity contribution in [1.29, 1.82) is 0 Å². The van der Waals surface area contributed by atoms with Gasteiger partial charge in [0.1, 0.15) is 0 Å². The molecule has 1 saturated carbocycles. The summed E-state index contributed by atoms with van der Waals surface area (Å²) in [6.45, 7) is 3.74. The van der Waals surface area contributed by atoms with Gasteiger partial charge in [-0.05, 0) is 57.2 Å². The molecule has 1 heterocycles. The first-order valence-corrected chi connectivity index (χ1v) is 9.08.